The summed E-state index contributed by atoms with van der Waals surface area (Å²) < 4.78 is 10.0. The van der Waals surface area contributed by atoms with Gasteiger partial charge in [0, 0.05) is 24.7 Å². The number of nitrogens with one attached hydrogen (secondary N) is 1. The first kappa shape index (κ1) is 19.4. The van der Waals surface area contributed by atoms with Crippen LogP contribution in [0.4, 0.5) is 10.5 Å². The molecule has 0 saturated carbocycles. The van der Waals surface area contributed by atoms with E-state index in [1.807, 2.05) is 0 Å². The van der Waals surface area contributed by atoms with Gasteiger partial charge in [-0.15, -0.1) is 0 Å². The first-order valence-electron chi connectivity index (χ1n) is 8.85. The molecular weight excluding hydrogens is 366 g/mol. The van der Waals surface area contributed by atoms with E-state index < -0.39 is 17.9 Å². The standard InChI is InChI=1S/C19H21N3O6/c1-27-16(23)11-28-15-7-6-14(13-5-2-8-20-17(13)15)21-19(26)22-9-3-4-12(10-22)18(24)25/h2,5-8,12H,3-4,9-11H2,1H3,(H,21,26)(H,24,25). The van der Waals surface area contributed by atoms with Crippen LogP contribution in [-0.4, -0.2) is 59.8 Å². The summed E-state index contributed by atoms with van der Waals surface area (Å²) in [6.07, 6.45) is 2.80. The monoisotopic (exact) mass is 387 g/mol. The predicted octanol–water partition coefficient (Wildman–Crippen LogP) is 2.12. The van der Waals surface area contributed by atoms with Crippen molar-refractivity contribution < 1.29 is 29.0 Å². The molecular formula is C19H21N3O6. The van der Waals surface area contributed by atoms with Crippen LogP contribution < -0.4 is 10.1 Å². The number of esters is 1. The molecule has 2 heterocycles. The summed E-state index contributed by atoms with van der Waals surface area (Å²) in [4.78, 5) is 40.9. The Kier molecular flexibility index (Phi) is 5.93. The van der Waals surface area contributed by atoms with Crippen LogP contribution in [0.1, 0.15) is 12.8 Å². The highest BCUT2D eigenvalue weighted by atomic mass is 16.6. The van der Waals surface area contributed by atoms with Gasteiger partial charge in [-0.2, -0.15) is 0 Å². The second-order valence-electron chi connectivity index (χ2n) is 6.43. The fraction of sp³-hybridized carbons (Fsp3) is 0.368. The highest BCUT2D eigenvalue weighted by molar-refractivity contribution is 6.02. The Bertz CT molecular complexity index is 900. The van der Waals surface area contributed by atoms with E-state index in [1.54, 1.807) is 30.5 Å². The second kappa shape index (κ2) is 8.55. The summed E-state index contributed by atoms with van der Waals surface area (Å²) in [6.45, 7) is 0.433. The average molecular weight is 387 g/mol. The van der Waals surface area contributed by atoms with Crippen molar-refractivity contribution in [3.8, 4) is 5.75 Å². The number of urea groups is 1. The Hall–Kier alpha value is -3.36. The lowest BCUT2D eigenvalue weighted by atomic mass is 9.99. The number of carbonyl (C=O) groups is 3. The summed E-state index contributed by atoms with van der Waals surface area (Å²) >= 11 is 0. The van der Waals surface area contributed by atoms with Gasteiger partial charge in [-0.05, 0) is 37.1 Å². The number of aromatic nitrogens is 1. The van der Waals surface area contributed by atoms with E-state index in [0.717, 1.165) is 0 Å². The summed E-state index contributed by atoms with van der Waals surface area (Å²) in [6, 6.07) is 6.42. The number of methoxy groups -OCH3 is 1. The second-order valence-corrected chi connectivity index (χ2v) is 6.43. The highest BCUT2D eigenvalue weighted by Gasteiger charge is 2.28. The molecule has 1 aliphatic heterocycles. The van der Waals surface area contributed by atoms with Gasteiger partial charge in [0.2, 0.25) is 0 Å². The Morgan fingerprint density at radius 2 is 2.14 bits per heavy atom. The summed E-state index contributed by atoms with van der Waals surface area (Å²) in [5.41, 5.74) is 1.02. The molecule has 0 spiro atoms. The largest absolute Gasteiger partial charge is 0.481 e. The molecule has 2 amide bonds. The number of ether oxygens (including phenoxy) is 2. The number of anilines is 1. The predicted molar refractivity (Wildman–Crippen MR) is 100 cm³/mol. The minimum absolute atomic E-state index is 0.178. The first-order chi connectivity index (χ1) is 13.5. The molecule has 148 valence electrons. The number of carboxylic acid groups (broad SMARTS) is 1. The lowest BCUT2D eigenvalue weighted by Crippen LogP contribution is -2.44. The molecule has 1 saturated heterocycles. The lowest BCUT2D eigenvalue weighted by molar-refractivity contribution is -0.143. The molecule has 9 heteroatoms. The molecule has 1 fully saturated rings. The number of fused-ring (bicyclic) bond motifs is 1. The molecule has 2 aromatic rings. The Balaban J connectivity index is 1.79. The van der Waals surface area contributed by atoms with E-state index in [2.05, 4.69) is 15.0 Å². The third-order valence-corrected chi connectivity index (χ3v) is 4.61. The number of amides is 2. The molecule has 1 aromatic carbocycles. The van der Waals surface area contributed by atoms with E-state index in [1.165, 1.54) is 12.0 Å². The number of benzene rings is 1. The third kappa shape index (κ3) is 4.30. The van der Waals surface area contributed by atoms with E-state index in [9.17, 15) is 19.5 Å². The van der Waals surface area contributed by atoms with Gasteiger partial charge in [-0.1, -0.05) is 0 Å². The number of piperidine rings is 1. The number of rotatable bonds is 5. The third-order valence-electron chi connectivity index (χ3n) is 4.61. The molecule has 1 aliphatic rings. The molecule has 28 heavy (non-hydrogen) atoms. The van der Waals surface area contributed by atoms with Crippen LogP contribution in [0.2, 0.25) is 0 Å². The van der Waals surface area contributed by atoms with Crippen molar-refractivity contribution in [2.75, 3.05) is 32.1 Å². The normalized spacial score (nSPS) is 16.5. The van der Waals surface area contributed by atoms with Gasteiger partial charge in [0.15, 0.2) is 6.61 Å². The van der Waals surface area contributed by atoms with Gasteiger partial charge in [-0.3, -0.25) is 9.78 Å². The van der Waals surface area contributed by atoms with E-state index in [-0.39, 0.29) is 19.2 Å². The van der Waals surface area contributed by atoms with Crippen LogP contribution in [0.5, 0.6) is 5.75 Å². The number of likely N-dealkylation sites (tertiary alicyclic amines) is 1. The fourth-order valence-corrected chi connectivity index (χ4v) is 3.13. The highest BCUT2D eigenvalue weighted by Crippen LogP contribution is 2.30. The Morgan fingerprint density at radius 1 is 1.32 bits per heavy atom. The van der Waals surface area contributed by atoms with Crippen molar-refractivity contribution in [3.63, 3.8) is 0 Å². The lowest BCUT2D eigenvalue weighted by Gasteiger charge is -2.30. The van der Waals surface area contributed by atoms with Crippen LogP contribution in [0.3, 0.4) is 0 Å². The molecule has 0 bridgehead atoms. The topological polar surface area (TPSA) is 118 Å². The molecule has 1 atom stereocenters. The number of nitrogens with zero attached hydrogens (tertiary/aromatic N) is 2. The van der Waals surface area contributed by atoms with Crippen LogP contribution in [-0.2, 0) is 14.3 Å². The minimum Gasteiger partial charge on any atom is -0.481 e. The first-order valence-corrected chi connectivity index (χ1v) is 8.85. The maximum Gasteiger partial charge on any atom is 0.343 e. The molecule has 0 radical (unpaired) electrons. The summed E-state index contributed by atoms with van der Waals surface area (Å²) in [5.74, 6) is -1.56. The Morgan fingerprint density at radius 3 is 2.89 bits per heavy atom. The number of carboxylic acids is 1. The molecule has 2 N–H and O–H groups in total. The van der Waals surface area contributed by atoms with Gasteiger partial charge in [-0.25, -0.2) is 9.59 Å². The van der Waals surface area contributed by atoms with Crippen molar-refractivity contribution >= 4 is 34.6 Å². The van der Waals surface area contributed by atoms with Crippen LogP contribution >= 0.6 is 0 Å². The van der Waals surface area contributed by atoms with Crippen molar-refractivity contribution in [2.45, 2.75) is 12.8 Å². The smallest absolute Gasteiger partial charge is 0.343 e. The SMILES string of the molecule is COC(=O)COc1ccc(NC(=O)N2CCCC(C(=O)O)C2)c2cccnc12. The zero-order chi connectivity index (χ0) is 20.1. The fourth-order valence-electron chi connectivity index (χ4n) is 3.13. The number of pyridine rings is 1. The number of hydrogen-bond acceptors (Lipinski definition) is 6. The van der Waals surface area contributed by atoms with E-state index in [4.69, 9.17) is 4.74 Å². The van der Waals surface area contributed by atoms with Gasteiger partial charge in [0.1, 0.15) is 11.3 Å². The van der Waals surface area contributed by atoms with Crippen molar-refractivity contribution in [1.82, 2.24) is 9.88 Å². The number of aliphatic carboxylic acids is 1. The van der Waals surface area contributed by atoms with Crippen molar-refractivity contribution in [2.24, 2.45) is 5.92 Å². The minimum atomic E-state index is -0.890. The molecule has 0 aliphatic carbocycles. The summed E-state index contributed by atoms with van der Waals surface area (Å²) in [5, 5.41) is 12.7. The van der Waals surface area contributed by atoms with Crippen LogP contribution in [0, 0.1) is 5.92 Å². The number of carbonyl (C=O) groups excluding carboxylic acids is 2. The van der Waals surface area contributed by atoms with Gasteiger partial charge in [0.25, 0.3) is 0 Å². The van der Waals surface area contributed by atoms with Crippen LogP contribution in [0.25, 0.3) is 10.9 Å². The van der Waals surface area contributed by atoms with Gasteiger partial charge >= 0.3 is 18.0 Å². The zero-order valence-corrected chi connectivity index (χ0v) is 15.4. The molecule has 3 rings (SSSR count). The molecule has 9 nitrogen and oxygen atoms in total. The Labute approximate surface area is 161 Å². The van der Waals surface area contributed by atoms with E-state index >= 15 is 0 Å². The van der Waals surface area contributed by atoms with Crippen molar-refractivity contribution in [3.05, 3.63) is 30.5 Å². The zero-order valence-electron chi connectivity index (χ0n) is 15.4. The van der Waals surface area contributed by atoms with Gasteiger partial charge < -0.3 is 24.8 Å². The maximum atomic E-state index is 12.6. The average Bonchev–Trinajstić information content (AvgIpc) is 2.72. The maximum absolute atomic E-state index is 12.6. The molecule has 1 aromatic heterocycles. The summed E-state index contributed by atoms with van der Waals surface area (Å²) in [7, 11) is 1.27. The van der Waals surface area contributed by atoms with Gasteiger partial charge in [0.05, 0.1) is 18.7 Å². The van der Waals surface area contributed by atoms with Crippen molar-refractivity contribution in [1.29, 1.82) is 0 Å². The quantitative estimate of drug-likeness (QED) is 0.754. The van der Waals surface area contributed by atoms with E-state index in [0.29, 0.717) is 41.7 Å². The van der Waals surface area contributed by atoms with Crippen LogP contribution in [0.15, 0.2) is 30.5 Å². The molecule has 1 unspecified atom stereocenters. The number of hydrogen-bond donors (Lipinski definition) is 2.